The van der Waals surface area contributed by atoms with Gasteiger partial charge in [-0.15, -0.1) is 0 Å². The number of benzene rings is 1. The predicted molar refractivity (Wildman–Crippen MR) is 91.1 cm³/mol. The van der Waals surface area contributed by atoms with Crippen LogP contribution in [-0.2, 0) is 6.42 Å². The lowest BCUT2D eigenvalue weighted by molar-refractivity contribution is 0.656. The molecule has 0 saturated heterocycles. The van der Waals surface area contributed by atoms with Gasteiger partial charge in [-0.3, -0.25) is 0 Å². The van der Waals surface area contributed by atoms with Crippen molar-refractivity contribution in [1.82, 2.24) is 0 Å². The molecule has 1 rings (SSSR count). The van der Waals surface area contributed by atoms with E-state index < -0.39 is 0 Å². The number of hydrogen-bond acceptors (Lipinski definition) is 0. The van der Waals surface area contributed by atoms with Crippen molar-refractivity contribution in [2.24, 2.45) is 0 Å². The van der Waals surface area contributed by atoms with Crippen molar-refractivity contribution in [1.29, 1.82) is 0 Å². The molecule has 0 unspecified atom stereocenters. The Hall–Kier alpha value is -0.780. The zero-order chi connectivity index (χ0) is 15.1. The summed E-state index contributed by atoms with van der Waals surface area (Å²) >= 11 is 0. The van der Waals surface area contributed by atoms with Gasteiger partial charge in [0, 0.05) is 0 Å². The molecule has 0 saturated carbocycles. The first-order valence-electron chi connectivity index (χ1n) is 8.21. The molecule has 0 spiro atoms. The number of unbranched alkanes of at least 4 members (excludes halogenated alkanes) is 4. The van der Waals surface area contributed by atoms with Crippen LogP contribution in [-0.4, -0.2) is 0 Å². The van der Waals surface area contributed by atoms with Gasteiger partial charge in [0.05, 0.1) is 0 Å². The highest BCUT2D eigenvalue weighted by molar-refractivity contribution is 5.30. The monoisotopic (exact) mass is 264 g/mol. The molecule has 0 aliphatic carbocycles. The van der Waals surface area contributed by atoms with Crippen LogP contribution in [0.4, 0.5) is 0 Å². The van der Waals surface area contributed by atoms with E-state index in [2.05, 4.69) is 52.8 Å². The Bertz CT molecular complexity index is 282. The summed E-state index contributed by atoms with van der Waals surface area (Å²) in [6, 6.07) is 6.61. The third-order valence-electron chi connectivity index (χ3n) is 3.09. The Morgan fingerprint density at radius 2 is 1.32 bits per heavy atom. The third-order valence-corrected chi connectivity index (χ3v) is 3.09. The lowest BCUT2D eigenvalue weighted by atomic mass is 10.0. The molecule has 0 radical (unpaired) electrons. The molecule has 0 aliphatic heterocycles. The fourth-order valence-electron chi connectivity index (χ4n) is 1.86. The molecule has 0 aliphatic rings. The maximum atomic E-state index is 2.26. The van der Waals surface area contributed by atoms with Crippen molar-refractivity contribution in [3.05, 3.63) is 34.9 Å². The van der Waals surface area contributed by atoms with Gasteiger partial charge in [-0.25, -0.2) is 0 Å². The second-order valence-electron chi connectivity index (χ2n) is 4.84. The van der Waals surface area contributed by atoms with Gasteiger partial charge >= 0.3 is 0 Å². The van der Waals surface area contributed by atoms with Crippen LogP contribution in [0.2, 0.25) is 0 Å². The van der Waals surface area contributed by atoms with Crippen molar-refractivity contribution in [2.75, 3.05) is 0 Å². The quantitative estimate of drug-likeness (QED) is 0.509. The molecule has 0 amide bonds. The fourth-order valence-corrected chi connectivity index (χ4v) is 1.86. The molecule has 112 valence electrons. The summed E-state index contributed by atoms with van der Waals surface area (Å²) in [5.74, 6) is 0. The molecule has 0 heteroatoms. The van der Waals surface area contributed by atoms with Crippen LogP contribution < -0.4 is 0 Å². The average Bonchev–Trinajstić information content (AvgIpc) is 2.45. The van der Waals surface area contributed by atoms with Crippen LogP contribution >= 0.6 is 0 Å². The second kappa shape index (κ2) is 15.3. The minimum atomic E-state index is 1.15. The predicted octanol–water partition coefficient (Wildman–Crippen LogP) is 6.87. The lowest BCUT2D eigenvalue weighted by Gasteiger charge is -2.02. The number of rotatable bonds is 5. The zero-order valence-electron chi connectivity index (χ0n) is 14.5. The maximum absolute atomic E-state index is 2.26. The van der Waals surface area contributed by atoms with Crippen LogP contribution in [0.1, 0.15) is 83.4 Å². The highest BCUT2D eigenvalue weighted by Crippen LogP contribution is 2.10. The second-order valence-corrected chi connectivity index (χ2v) is 4.84. The molecule has 1 aromatic rings. The summed E-state index contributed by atoms with van der Waals surface area (Å²) in [5, 5.41) is 0. The summed E-state index contributed by atoms with van der Waals surface area (Å²) in [5.41, 5.74) is 4.25. The van der Waals surface area contributed by atoms with Crippen LogP contribution in [0.15, 0.2) is 18.2 Å². The summed E-state index contributed by atoms with van der Waals surface area (Å²) in [6.45, 7) is 15.0. The van der Waals surface area contributed by atoms with Crippen LogP contribution in [0.25, 0.3) is 0 Å². The minimum absolute atomic E-state index is 1.15. The van der Waals surface area contributed by atoms with E-state index in [1.165, 1.54) is 48.8 Å². The van der Waals surface area contributed by atoms with Crippen molar-refractivity contribution >= 4 is 0 Å². The van der Waals surface area contributed by atoms with Gasteiger partial charge in [-0.05, 0) is 31.4 Å². The standard InChI is InChI=1S/C10H14.C7H16.C2H6/c1-4-10-7-8(2)5-6-9(10)3;1-3-5-7-6-4-2;1-2/h5-7H,4H2,1-3H3;3-7H2,1-2H3;1-2H3. The fraction of sp³-hybridized carbons (Fsp3) is 0.684. The van der Waals surface area contributed by atoms with Crippen molar-refractivity contribution < 1.29 is 0 Å². The van der Waals surface area contributed by atoms with E-state index >= 15 is 0 Å². The van der Waals surface area contributed by atoms with Gasteiger partial charge in [-0.1, -0.05) is 90.5 Å². The first-order chi connectivity index (χ1) is 9.15. The summed E-state index contributed by atoms with van der Waals surface area (Å²) < 4.78 is 0. The summed E-state index contributed by atoms with van der Waals surface area (Å²) in [6.07, 6.45) is 8.15. The van der Waals surface area contributed by atoms with E-state index in [0.29, 0.717) is 0 Å². The molecule has 0 aromatic heterocycles. The molecular formula is C19H36. The van der Waals surface area contributed by atoms with Gasteiger partial charge in [0.2, 0.25) is 0 Å². The van der Waals surface area contributed by atoms with Gasteiger partial charge in [0.25, 0.3) is 0 Å². The zero-order valence-corrected chi connectivity index (χ0v) is 14.5. The Balaban J connectivity index is 0. The molecule has 0 nitrogen and oxygen atoms in total. The Morgan fingerprint density at radius 3 is 1.68 bits per heavy atom. The summed E-state index contributed by atoms with van der Waals surface area (Å²) in [7, 11) is 0. The highest BCUT2D eigenvalue weighted by atomic mass is 14.0. The minimum Gasteiger partial charge on any atom is -0.0683 e. The molecule has 1 aromatic carbocycles. The normalized spacial score (nSPS) is 9.00. The van der Waals surface area contributed by atoms with Crippen molar-refractivity contribution in [2.45, 2.75) is 87.0 Å². The lowest BCUT2D eigenvalue weighted by Crippen LogP contribution is -1.86. The Kier molecular flexibility index (Phi) is 16.5. The number of aryl methyl sites for hydroxylation is 3. The van der Waals surface area contributed by atoms with Gasteiger partial charge < -0.3 is 0 Å². The summed E-state index contributed by atoms with van der Waals surface area (Å²) in [4.78, 5) is 0. The maximum Gasteiger partial charge on any atom is -0.0305 e. The van der Waals surface area contributed by atoms with Gasteiger partial charge in [0.15, 0.2) is 0 Å². The van der Waals surface area contributed by atoms with Gasteiger partial charge in [0.1, 0.15) is 0 Å². The SMILES string of the molecule is CC.CCCCCCC.CCc1cc(C)ccc1C. The molecule has 0 heterocycles. The van der Waals surface area contributed by atoms with E-state index in [9.17, 15) is 0 Å². The third kappa shape index (κ3) is 12.0. The molecular weight excluding hydrogens is 228 g/mol. The molecule has 19 heavy (non-hydrogen) atoms. The van der Waals surface area contributed by atoms with Crippen LogP contribution in [0.5, 0.6) is 0 Å². The Labute approximate surface area is 122 Å². The first kappa shape index (κ1) is 20.5. The highest BCUT2D eigenvalue weighted by Gasteiger charge is 1.93. The molecule has 0 fully saturated rings. The van der Waals surface area contributed by atoms with E-state index in [1.807, 2.05) is 13.8 Å². The van der Waals surface area contributed by atoms with Crippen molar-refractivity contribution in [3.8, 4) is 0 Å². The first-order valence-corrected chi connectivity index (χ1v) is 8.21. The van der Waals surface area contributed by atoms with E-state index in [1.54, 1.807) is 0 Å². The van der Waals surface area contributed by atoms with Crippen LogP contribution in [0, 0.1) is 13.8 Å². The molecule has 0 bridgehead atoms. The van der Waals surface area contributed by atoms with Crippen LogP contribution in [0.3, 0.4) is 0 Å². The molecule has 0 atom stereocenters. The smallest absolute Gasteiger partial charge is 0.0305 e. The number of hydrogen-bond donors (Lipinski definition) is 0. The Morgan fingerprint density at radius 1 is 0.789 bits per heavy atom. The van der Waals surface area contributed by atoms with E-state index in [4.69, 9.17) is 0 Å². The van der Waals surface area contributed by atoms with E-state index in [-0.39, 0.29) is 0 Å². The molecule has 0 N–H and O–H groups in total. The van der Waals surface area contributed by atoms with Gasteiger partial charge in [-0.2, -0.15) is 0 Å². The topological polar surface area (TPSA) is 0 Å². The average molecular weight is 264 g/mol. The van der Waals surface area contributed by atoms with Crippen molar-refractivity contribution in [3.63, 3.8) is 0 Å². The van der Waals surface area contributed by atoms with E-state index in [0.717, 1.165) is 6.42 Å². The largest absolute Gasteiger partial charge is 0.0683 e.